The molecular weight excluding hydrogens is 242 g/mol. The molecule has 3 nitrogen and oxygen atoms in total. The van der Waals surface area contributed by atoms with Crippen LogP contribution in [-0.2, 0) is 0 Å². The van der Waals surface area contributed by atoms with Gasteiger partial charge in [0.25, 0.3) is 0 Å². The number of benzene rings is 1. The third-order valence-corrected chi connectivity index (χ3v) is 3.46. The number of hydrogen-bond acceptors (Lipinski definition) is 4. The van der Waals surface area contributed by atoms with Crippen molar-refractivity contribution in [1.29, 1.82) is 5.26 Å². The molecule has 2 rings (SSSR count). The van der Waals surface area contributed by atoms with Gasteiger partial charge >= 0.3 is 0 Å². The zero-order chi connectivity index (χ0) is 11.4. The van der Waals surface area contributed by atoms with Crippen molar-refractivity contribution in [1.82, 2.24) is 0 Å². The molecule has 1 aliphatic rings. The Morgan fingerprint density at radius 3 is 3.06 bits per heavy atom. The fourth-order valence-corrected chi connectivity index (χ4v) is 2.34. The second kappa shape index (κ2) is 5.24. The average molecular weight is 252 g/mol. The summed E-state index contributed by atoms with van der Waals surface area (Å²) in [5.41, 5.74) is 1.34. The standard InChI is InChI=1S/C11H10ClN3S/c12-9-3-2-8(7-13)6-10(9)15-11-14-4-1-5-16-11/h2-3,6H,1,4-5H2,(H,14,15). The molecule has 0 saturated heterocycles. The monoisotopic (exact) mass is 251 g/mol. The van der Waals surface area contributed by atoms with E-state index >= 15 is 0 Å². The molecule has 0 radical (unpaired) electrons. The van der Waals surface area contributed by atoms with E-state index in [9.17, 15) is 0 Å². The summed E-state index contributed by atoms with van der Waals surface area (Å²) in [6, 6.07) is 7.24. The molecule has 0 fully saturated rings. The van der Waals surface area contributed by atoms with Gasteiger partial charge < -0.3 is 5.32 Å². The molecule has 0 amide bonds. The van der Waals surface area contributed by atoms with Gasteiger partial charge in [-0.1, -0.05) is 23.4 Å². The molecule has 82 valence electrons. The van der Waals surface area contributed by atoms with Crippen LogP contribution >= 0.6 is 23.4 Å². The maximum atomic E-state index is 8.80. The number of anilines is 1. The Morgan fingerprint density at radius 2 is 2.38 bits per heavy atom. The molecule has 5 heteroatoms. The first-order valence-electron chi connectivity index (χ1n) is 4.93. The first-order valence-corrected chi connectivity index (χ1v) is 6.30. The van der Waals surface area contributed by atoms with E-state index in [4.69, 9.17) is 16.9 Å². The first-order chi connectivity index (χ1) is 7.79. The van der Waals surface area contributed by atoms with E-state index < -0.39 is 0 Å². The van der Waals surface area contributed by atoms with Crippen molar-refractivity contribution >= 4 is 34.2 Å². The Labute approximate surface area is 104 Å². The van der Waals surface area contributed by atoms with E-state index in [1.165, 1.54) is 0 Å². The van der Waals surface area contributed by atoms with E-state index in [1.807, 2.05) is 0 Å². The fourth-order valence-electron chi connectivity index (χ4n) is 1.34. The molecule has 1 aliphatic heterocycles. The summed E-state index contributed by atoms with van der Waals surface area (Å²) in [5.74, 6) is 1.07. The zero-order valence-electron chi connectivity index (χ0n) is 8.53. The number of nitrogens with zero attached hydrogens (tertiary/aromatic N) is 2. The summed E-state index contributed by atoms with van der Waals surface area (Å²) in [6.45, 7) is 0.852. The van der Waals surface area contributed by atoms with Crippen molar-refractivity contribution in [2.75, 3.05) is 17.6 Å². The molecule has 0 spiro atoms. The van der Waals surface area contributed by atoms with Crippen LogP contribution in [-0.4, -0.2) is 17.5 Å². The lowest BCUT2D eigenvalue weighted by molar-refractivity contribution is 0.938. The van der Waals surface area contributed by atoms with Crippen LogP contribution in [0, 0.1) is 11.3 Å². The molecular formula is C11H10ClN3S. The van der Waals surface area contributed by atoms with Crippen LogP contribution in [0.15, 0.2) is 23.2 Å². The average Bonchev–Trinajstić information content (AvgIpc) is 2.33. The second-order valence-corrected chi connectivity index (χ2v) is 4.81. The van der Waals surface area contributed by atoms with Crippen LogP contribution < -0.4 is 5.32 Å². The number of nitriles is 1. The third kappa shape index (κ3) is 2.69. The molecule has 1 N–H and O–H groups in total. The quantitative estimate of drug-likeness (QED) is 0.834. The van der Waals surface area contributed by atoms with Crippen LogP contribution in [0.2, 0.25) is 5.02 Å². The third-order valence-electron chi connectivity index (χ3n) is 2.13. The van der Waals surface area contributed by atoms with Gasteiger partial charge in [0, 0.05) is 12.3 Å². The highest BCUT2D eigenvalue weighted by atomic mass is 35.5. The number of hydrogen-bond donors (Lipinski definition) is 1. The number of nitrogens with one attached hydrogen (secondary N) is 1. The number of halogens is 1. The molecule has 0 aliphatic carbocycles. The Morgan fingerprint density at radius 1 is 1.50 bits per heavy atom. The van der Waals surface area contributed by atoms with Gasteiger partial charge in [-0.3, -0.25) is 4.99 Å². The minimum atomic E-state index is 0.591. The normalized spacial score (nSPS) is 15.1. The zero-order valence-corrected chi connectivity index (χ0v) is 10.1. The van der Waals surface area contributed by atoms with Gasteiger partial charge in [-0.2, -0.15) is 5.26 Å². The minimum absolute atomic E-state index is 0.591. The molecule has 1 heterocycles. The van der Waals surface area contributed by atoms with Gasteiger partial charge in [0.05, 0.1) is 22.3 Å². The van der Waals surface area contributed by atoms with E-state index in [0.29, 0.717) is 10.6 Å². The first kappa shape index (κ1) is 11.3. The van der Waals surface area contributed by atoms with Crippen LogP contribution in [0.25, 0.3) is 0 Å². The molecule has 1 aromatic carbocycles. The Kier molecular flexibility index (Phi) is 3.70. The molecule has 0 unspecified atom stereocenters. The van der Waals surface area contributed by atoms with Crippen molar-refractivity contribution in [3.63, 3.8) is 0 Å². The van der Waals surface area contributed by atoms with E-state index in [-0.39, 0.29) is 0 Å². The van der Waals surface area contributed by atoms with Gasteiger partial charge in [-0.05, 0) is 24.6 Å². The molecule has 0 atom stereocenters. The van der Waals surface area contributed by atoms with Crippen molar-refractivity contribution < 1.29 is 0 Å². The van der Waals surface area contributed by atoms with Crippen molar-refractivity contribution in [2.24, 2.45) is 4.99 Å². The van der Waals surface area contributed by atoms with E-state index in [1.54, 1.807) is 30.0 Å². The maximum Gasteiger partial charge on any atom is 0.161 e. The molecule has 0 bridgehead atoms. The van der Waals surface area contributed by atoms with Crippen molar-refractivity contribution in [3.05, 3.63) is 28.8 Å². The summed E-state index contributed by atoms with van der Waals surface area (Å²) in [6.07, 6.45) is 1.11. The number of thioether (sulfide) groups is 1. The van der Waals surface area contributed by atoms with Crippen LogP contribution in [0.5, 0.6) is 0 Å². The van der Waals surface area contributed by atoms with Crippen molar-refractivity contribution in [3.8, 4) is 6.07 Å². The number of amidine groups is 1. The molecule has 1 aromatic rings. The molecule has 16 heavy (non-hydrogen) atoms. The van der Waals surface area contributed by atoms with Gasteiger partial charge in [0.2, 0.25) is 0 Å². The largest absolute Gasteiger partial charge is 0.334 e. The van der Waals surface area contributed by atoms with Crippen LogP contribution in [0.3, 0.4) is 0 Å². The van der Waals surface area contributed by atoms with E-state index in [0.717, 1.165) is 29.6 Å². The smallest absolute Gasteiger partial charge is 0.161 e. The predicted molar refractivity (Wildman–Crippen MR) is 69.2 cm³/mol. The SMILES string of the molecule is N#Cc1ccc(Cl)c(NC2=NCCCS2)c1. The fraction of sp³-hybridized carbons (Fsp3) is 0.273. The van der Waals surface area contributed by atoms with Gasteiger partial charge in [-0.15, -0.1) is 0 Å². The van der Waals surface area contributed by atoms with Gasteiger partial charge in [-0.25, -0.2) is 0 Å². The molecule has 0 saturated carbocycles. The highest BCUT2D eigenvalue weighted by molar-refractivity contribution is 8.14. The maximum absolute atomic E-state index is 8.80. The number of aliphatic imine (C=N–C) groups is 1. The summed E-state index contributed by atoms with van der Waals surface area (Å²) in [7, 11) is 0. The van der Waals surface area contributed by atoms with Gasteiger partial charge in [0.15, 0.2) is 5.17 Å². The number of rotatable bonds is 1. The highest BCUT2D eigenvalue weighted by Crippen LogP contribution is 2.25. The van der Waals surface area contributed by atoms with Crippen LogP contribution in [0.4, 0.5) is 5.69 Å². The molecule has 0 aromatic heterocycles. The summed E-state index contributed by atoms with van der Waals surface area (Å²) in [4.78, 5) is 4.35. The Balaban J connectivity index is 2.20. The lowest BCUT2D eigenvalue weighted by Gasteiger charge is -2.14. The lowest BCUT2D eigenvalue weighted by atomic mass is 10.2. The second-order valence-electron chi connectivity index (χ2n) is 3.32. The summed E-state index contributed by atoms with van der Waals surface area (Å²) in [5, 5.41) is 13.4. The highest BCUT2D eigenvalue weighted by Gasteiger charge is 2.08. The van der Waals surface area contributed by atoms with Crippen molar-refractivity contribution in [2.45, 2.75) is 6.42 Å². The summed E-state index contributed by atoms with van der Waals surface area (Å²) < 4.78 is 0. The Hall–Kier alpha value is -1.18. The van der Waals surface area contributed by atoms with E-state index in [2.05, 4.69) is 16.4 Å². The topological polar surface area (TPSA) is 48.2 Å². The lowest BCUT2D eigenvalue weighted by Crippen LogP contribution is -2.13. The van der Waals surface area contributed by atoms with Gasteiger partial charge in [0.1, 0.15) is 0 Å². The Bertz CT molecular complexity index is 465. The predicted octanol–water partition coefficient (Wildman–Crippen LogP) is 3.12. The summed E-state index contributed by atoms with van der Waals surface area (Å²) >= 11 is 7.71. The van der Waals surface area contributed by atoms with Crippen LogP contribution in [0.1, 0.15) is 12.0 Å². The minimum Gasteiger partial charge on any atom is -0.334 e.